The predicted molar refractivity (Wildman–Crippen MR) is 111 cm³/mol. The lowest BCUT2D eigenvalue weighted by molar-refractivity contribution is 0.265. The summed E-state index contributed by atoms with van der Waals surface area (Å²) in [4.78, 5) is 9.10. The standard InChI is InChI=1S/C18H23N5OS3/c1-3-4-7-27(24)18-14-13-11(15-10(2)20-9-23(15)22-14)8-12(21-17(13)26-18)16-19-5-6-25-16/h5-6,9,11-13,17,21-22H,3-4,7-8H2,1-2H3. The third kappa shape index (κ3) is 2.90. The van der Waals surface area contributed by atoms with Gasteiger partial charge < -0.3 is 0 Å². The first kappa shape index (κ1) is 17.9. The molecule has 0 aromatic carbocycles. The van der Waals surface area contributed by atoms with Gasteiger partial charge in [0.25, 0.3) is 0 Å². The van der Waals surface area contributed by atoms with Crippen molar-refractivity contribution in [2.24, 2.45) is 5.92 Å². The number of aromatic nitrogens is 3. The zero-order chi connectivity index (χ0) is 18.5. The number of nitrogens with one attached hydrogen (secondary N) is 2. The summed E-state index contributed by atoms with van der Waals surface area (Å²) in [5, 5.41) is 7.20. The molecule has 2 N–H and O–H groups in total. The molecule has 3 aliphatic rings. The van der Waals surface area contributed by atoms with Gasteiger partial charge >= 0.3 is 0 Å². The molecule has 5 atom stereocenters. The molecule has 27 heavy (non-hydrogen) atoms. The van der Waals surface area contributed by atoms with Crippen molar-refractivity contribution in [3.63, 3.8) is 0 Å². The summed E-state index contributed by atoms with van der Waals surface area (Å²) < 4.78 is 16.1. The maximum absolute atomic E-state index is 13.0. The first-order valence-electron chi connectivity index (χ1n) is 9.43. The van der Waals surface area contributed by atoms with E-state index in [9.17, 15) is 4.21 Å². The summed E-state index contributed by atoms with van der Waals surface area (Å²) in [5.41, 5.74) is 7.01. The number of hydrogen-bond acceptors (Lipinski definition) is 7. The number of nitrogens with zero attached hydrogens (tertiary/aromatic N) is 3. The van der Waals surface area contributed by atoms with Crippen LogP contribution < -0.4 is 10.7 Å². The molecule has 1 fully saturated rings. The Morgan fingerprint density at radius 3 is 3.07 bits per heavy atom. The Kier molecular flexibility index (Phi) is 4.66. The van der Waals surface area contributed by atoms with Crippen LogP contribution in [0.2, 0.25) is 0 Å². The highest BCUT2D eigenvalue weighted by molar-refractivity contribution is 8.17. The van der Waals surface area contributed by atoms with E-state index < -0.39 is 10.8 Å². The maximum Gasteiger partial charge on any atom is 0.115 e. The topological polar surface area (TPSA) is 71.8 Å². The fraction of sp³-hybridized carbons (Fsp3) is 0.556. The smallest absolute Gasteiger partial charge is 0.115 e. The molecule has 6 nitrogen and oxygen atoms in total. The average molecular weight is 422 g/mol. The Bertz CT molecular complexity index is 906. The van der Waals surface area contributed by atoms with Crippen molar-refractivity contribution in [2.75, 3.05) is 11.2 Å². The van der Waals surface area contributed by atoms with E-state index in [2.05, 4.69) is 39.2 Å². The van der Waals surface area contributed by atoms with Gasteiger partial charge in [-0.2, -0.15) is 0 Å². The monoisotopic (exact) mass is 421 g/mol. The summed E-state index contributed by atoms with van der Waals surface area (Å²) in [7, 11) is -0.948. The van der Waals surface area contributed by atoms with Crippen molar-refractivity contribution in [3.05, 3.63) is 44.2 Å². The van der Waals surface area contributed by atoms with Gasteiger partial charge in [-0.15, -0.1) is 11.3 Å². The van der Waals surface area contributed by atoms with Crippen molar-refractivity contribution < 1.29 is 4.21 Å². The van der Waals surface area contributed by atoms with Crippen molar-refractivity contribution in [1.82, 2.24) is 20.0 Å². The minimum absolute atomic E-state index is 0.226. The van der Waals surface area contributed by atoms with E-state index in [4.69, 9.17) is 0 Å². The second-order valence-corrected chi connectivity index (χ2v) is 11.1. The van der Waals surface area contributed by atoms with Gasteiger partial charge in [-0.3, -0.25) is 15.0 Å². The minimum atomic E-state index is -0.948. The lowest BCUT2D eigenvalue weighted by atomic mass is 9.77. The lowest BCUT2D eigenvalue weighted by Crippen LogP contribution is -2.48. The van der Waals surface area contributed by atoms with Gasteiger partial charge in [-0.25, -0.2) is 14.6 Å². The third-order valence-electron chi connectivity index (χ3n) is 5.63. The largest absolute Gasteiger partial charge is 0.295 e. The highest BCUT2D eigenvalue weighted by Gasteiger charge is 2.51. The van der Waals surface area contributed by atoms with Gasteiger partial charge in [0.05, 0.1) is 43.5 Å². The Balaban J connectivity index is 1.55. The van der Waals surface area contributed by atoms with Crippen LogP contribution in [0.4, 0.5) is 0 Å². The molecule has 0 saturated carbocycles. The van der Waals surface area contributed by atoms with Gasteiger partial charge in [0.1, 0.15) is 11.3 Å². The molecular weight excluding hydrogens is 398 g/mol. The Morgan fingerprint density at radius 2 is 2.30 bits per heavy atom. The molecule has 144 valence electrons. The van der Waals surface area contributed by atoms with Gasteiger partial charge in [-0.05, 0) is 19.8 Å². The van der Waals surface area contributed by atoms with Crippen LogP contribution in [0.5, 0.6) is 0 Å². The first-order valence-corrected chi connectivity index (χ1v) is 12.5. The highest BCUT2D eigenvalue weighted by Crippen LogP contribution is 2.55. The first-order chi connectivity index (χ1) is 13.2. The zero-order valence-electron chi connectivity index (χ0n) is 15.3. The molecule has 5 rings (SSSR count). The Labute approximate surface area is 169 Å². The van der Waals surface area contributed by atoms with Crippen LogP contribution in [0.15, 0.2) is 27.8 Å². The SMILES string of the molecule is CCCCS(=O)C1=C2Nn3cnc(C)c3C3CC(c4nccs4)NC(S1)C23. The lowest BCUT2D eigenvalue weighted by Gasteiger charge is -2.43. The summed E-state index contributed by atoms with van der Waals surface area (Å²) in [6.07, 6.45) is 6.79. The van der Waals surface area contributed by atoms with Crippen LogP contribution in [-0.4, -0.2) is 30.0 Å². The van der Waals surface area contributed by atoms with Crippen LogP contribution in [0.1, 0.15) is 54.5 Å². The molecule has 5 heterocycles. The molecule has 3 aliphatic heterocycles. The second kappa shape index (κ2) is 7.02. The molecule has 9 heteroatoms. The molecule has 5 unspecified atom stereocenters. The molecule has 2 aromatic rings. The molecule has 2 aromatic heterocycles. The molecule has 0 radical (unpaired) electrons. The number of rotatable bonds is 5. The average Bonchev–Trinajstić information content (AvgIpc) is 3.40. The highest BCUT2D eigenvalue weighted by atomic mass is 32.2. The van der Waals surface area contributed by atoms with E-state index >= 15 is 0 Å². The van der Waals surface area contributed by atoms with E-state index in [0.717, 1.165) is 45.7 Å². The summed E-state index contributed by atoms with van der Waals surface area (Å²) in [6, 6.07) is 0.231. The van der Waals surface area contributed by atoms with E-state index in [1.54, 1.807) is 23.1 Å². The molecule has 0 spiro atoms. The molecule has 0 bridgehead atoms. The van der Waals surface area contributed by atoms with E-state index in [0.29, 0.717) is 11.8 Å². The maximum atomic E-state index is 13.0. The fourth-order valence-electron chi connectivity index (χ4n) is 4.39. The van der Waals surface area contributed by atoms with Crippen molar-refractivity contribution in [3.8, 4) is 0 Å². The van der Waals surface area contributed by atoms with Crippen LogP contribution >= 0.6 is 23.1 Å². The molecule has 0 amide bonds. The van der Waals surface area contributed by atoms with Crippen molar-refractivity contribution >= 4 is 33.9 Å². The van der Waals surface area contributed by atoms with Crippen LogP contribution in [-0.2, 0) is 10.8 Å². The summed E-state index contributed by atoms with van der Waals surface area (Å²) in [6.45, 7) is 4.23. The van der Waals surface area contributed by atoms with Crippen molar-refractivity contribution in [1.29, 1.82) is 0 Å². The summed E-state index contributed by atoms with van der Waals surface area (Å²) >= 11 is 3.47. The van der Waals surface area contributed by atoms with Gasteiger partial charge in [0.15, 0.2) is 0 Å². The molecular formula is C18H23N5OS3. The number of thiazole rings is 1. The van der Waals surface area contributed by atoms with Gasteiger partial charge in [-0.1, -0.05) is 25.1 Å². The number of hydrogen-bond donors (Lipinski definition) is 2. The predicted octanol–water partition coefficient (Wildman–Crippen LogP) is 3.43. The normalized spacial score (nSPS) is 30.0. The number of unbranched alkanes of at least 4 members (excludes halogenated alkanes) is 1. The molecule has 0 aliphatic carbocycles. The van der Waals surface area contributed by atoms with Gasteiger partial charge in [0.2, 0.25) is 0 Å². The Morgan fingerprint density at radius 1 is 1.41 bits per heavy atom. The number of aryl methyl sites for hydroxylation is 1. The molecule has 1 saturated heterocycles. The van der Waals surface area contributed by atoms with Crippen LogP contribution in [0.3, 0.4) is 0 Å². The van der Waals surface area contributed by atoms with E-state index in [1.165, 1.54) is 5.69 Å². The van der Waals surface area contributed by atoms with E-state index in [1.807, 2.05) is 17.9 Å². The van der Waals surface area contributed by atoms with Crippen LogP contribution in [0.25, 0.3) is 0 Å². The number of fused-ring (bicyclic) bond motifs is 2. The Hall–Kier alpha value is -1.16. The quantitative estimate of drug-likeness (QED) is 0.771. The number of imidazole rings is 1. The van der Waals surface area contributed by atoms with Crippen LogP contribution in [0, 0.1) is 12.8 Å². The third-order valence-corrected chi connectivity index (χ3v) is 9.78. The van der Waals surface area contributed by atoms with Crippen molar-refractivity contribution in [2.45, 2.75) is 50.4 Å². The van der Waals surface area contributed by atoms with E-state index in [-0.39, 0.29) is 11.4 Å². The minimum Gasteiger partial charge on any atom is -0.295 e. The fourth-order valence-corrected chi connectivity index (χ4v) is 8.50. The van der Waals surface area contributed by atoms with Gasteiger partial charge in [0, 0.05) is 29.2 Å². The second-order valence-electron chi connectivity index (χ2n) is 7.30. The zero-order valence-corrected chi connectivity index (χ0v) is 17.8. The number of thioether (sulfide) groups is 1. The summed E-state index contributed by atoms with van der Waals surface area (Å²) in [5.74, 6) is 1.41. The number of piperidine rings is 1.